The molecule has 2 heteroatoms. The van der Waals surface area contributed by atoms with E-state index in [2.05, 4.69) is 51.2 Å². The van der Waals surface area contributed by atoms with Crippen LogP contribution in [0.15, 0.2) is 18.2 Å². The highest BCUT2D eigenvalue weighted by Crippen LogP contribution is 2.39. The second kappa shape index (κ2) is 5.87. The van der Waals surface area contributed by atoms with E-state index < -0.39 is 5.60 Å². The fourth-order valence-electron chi connectivity index (χ4n) is 2.99. The molecule has 0 aromatic heterocycles. The fourth-order valence-corrected chi connectivity index (χ4v) is 2.99. The lowest BCUT2D eigenvalue weighted by Gasteiger charge is -2.40. The maximum Gasteiger partial charge on any atom is 0.0772 e. The van der Waals surface area contributed by atoms with Crippen molar-refractivity contribution < 1.29 is 5.11 Å². The van der Waals surface area contributed by atoms with E-state index in [1.54, 1.807) is 0 Å². The first-order chi connectivity index (χ1) is 9.30. The number of rotatable bonds is 4. The van der Waals surface area contributed by atoms with Crippen molar-refractivity contribution in [3.63, 3.8) is 0 Å². The van der Waals surface area contributed by atoms with Crippen LogP contribution >= 0.6 is 0 Å². The number of hydrogen-bond acceptors (Lipinski definition) is 2. The number of nitrogens with one attached hydrogen (secondary N) is 1. The van der Waals surface area contributed by atoms with Gasteiger partial charge in [-0.3, -0.25) is 0 Å². The molecule has 1 aromatic carbocycles. The van der Waals surface area contributed by atoms with Crippen LogP contribution in [0.1, 0.15) is 56.2 Å². The molecule has 2 N–H and O–H groups in total. The van der Waals surface area contributed by atoms with Crippen LogP contribution in [-0.4, -0.2) is 17.3 Å². The average Bonchev–Trinajstić information content (AvgIpc) is 2.38. The molecule has 0 spiro atoms. The SMILES string of the molecule is Cc1ccc(C)c(CNCC2(O)CCC(C)(C)CC2)c1. The molecule has 0 amide bonds. The van der Waals surface area contributed by atoms with Gasteiger partial charge in [0.15, 0.2) is 0 Å². The lowest BCUT2D eigenvalue weighted by molar-refractivity contribution is -0.0245. The average molecular weight is 275 g/mol. The Kier molecular flexibility index (Phi) is 4.55. The van der Waals surface area contributed by atoms with Crippen molar-refractivity contribution in [3.05, 3.63) is 34.9 Å². The van der Waals surface area contributed by atoms with Crippen LogP contribution in [0, 0.1) is 19.3 Å². The molecular weight excluding hydrogens is 246 g/mol. The van der Waals surface area contributed by atoms with Gasteiger partial charge in [-0.05, 0) is 56.1 Å². The highest BCUT2D eigenvalue weighted by Gasteiger charge is 2.36. The van der Waals surface area contributed by atoms with E-state index in [9.17, 15) is 5.11 Å². The van der Waals surface area contributed by atoms with Gasteiger partial charge < -0.3 is 10.4 Å². The Balaban J connectivity index is 1.85. The van der Waals surface area contributed by atoms with E-state index in [1.807, 2.05) is 0 Å². The van der Waals surface area contributed by atoms with Gasteiger partial charge in [-0.2, -0.15) is 0 Å². The maximum absolute atomic E-state index is 10.6. The molecule has 0 bridgehead atoms. The van der Waals surface area contributed by atoms with Crippen molar-refractivity contribution in [2.45, 2.75) is 65.5 Å². The predicted octanol–water partition coefficient (Wildman–Crippen LogP) is 3.72. The minimum Gasteiger partial charge on any atom is -0.389 e. The summed E-state index contributed by atoms with van der Waals surface area (Å²) in [7, 11) is 0. The maximum atomic E-state index is 10.6. The van der Waals surface area contributed by atoms with Gasteiger partial charge >= 0.3 is 0 Å². The summed E-state index contributed by atoms with van der Waals surface area (Å²) in [6.45, 7) is 10.4. The molecule has 1 saturated carbocycles. The van der Waals surface area contributed by atoms with Gasteiger partial charge in [0.05, 0.1) is 5.60 Å². The first-order valence-corrected chi connectivity index (χ1v) is 7.79. The lowest BCUT2D eigenvalue weighted by Crippen LogP contribution is -2.44. The Hall–Kier alpha value is -0.860. The number of aryl methyl sites for hydroxylation is 2. The Bertz CT molecular complexity index is 454. The van der Waals surface area contributed by atoms with E-state index in [1.165, 1.54) is 16.7 Å². The molecule has 112 valence electrons. The summed E-state index contributed by atoms with van der Waals surface area (Å²) in [5.74, 6) is 0. The Morgan fingerprint density at radius 2 is 1.75 bits per heavy atom. The molecule has 0 aliphatic heterocycles. The largest absolute Gasteiger partial charge is 0.389 e. The molecule has 0 radical (unpaired) electrons. The molecule has 0 unspecified atom stereocenters. The van der Waals surface area contributed by atoms with Gasteiger partial charge in [-0.1, -0.05) is 37.6 Å². The van der Waals surface area contributed by atoms with Crippen molar-refractivity contribution in [2.75, 3.05) is 6.54 Å². The molecule has 1 aliphatic carbocycles. The molecule has 2 rings (SSSR count). The van der Waals surface area contributed by atoms with Gasteiger partial charge in [0.25, 0.3) is 0 Å². The number of benzene rings is 1. The molecule has 0 heterocycles. The summed E-state index contributed by atoms with van der Waals surface area (Å²) in [5, 5.41) is 14.1. The molecule has 2 nitrogen and oxygen atoms in total. The predicted molar refractivity (Wildman–Crippen MR) is 84.8 cm³/mol. The zero-order chi connectivity index (χ0) is 14.8. The molecule has 0 saturated heterocycles. The van der Waals surface area contributed by atoms with Crippen molar-refractivity contribution >= 4 is 0 Å². The minimum absolute atomic E-state index is 0.402. The van der Waals surface area contributed by atoms with Gasteiger partial charge in [0.2, 0.25) is 0 Å². The second-order valence-corrected chi connectivity index (χ2v) is 7.42. The highest BCUT2D eigenvalue weighted by molar-refractivity contribution is 5.30. The number of aliphatic hydroxyl groups is 1. The summed E-state index contributed by atoms with van der Waals surface area (Å²) >= 11 is 0. The Morgan fingerprint density at radius 1 is 1.10 bits per heavy atom. The van der Waals surface area contributed by atoms with Crippen LogP contribution in [-0.2, 0) is 6.54 Å². The molecule has 1 aliphatic rings. The van der Waals surface area contributed by atoms with Crippen molar-refractivity contribution in [2.24, 2.45) is 5.41 Å². The quantitative estimate of drug-likeness (QED) is 0.877. The van der Waals surface area contributed by atoms with E-state index in [-0.39, 0.29) is 0 Å². The third-order valence-corrected chi connectivity index (χ3v) is 4.81. The molecule has 0 atom stereocenters. The summed E-state index contributed by atoms with van der Waals surface area (Å²) < 4.78 is 0. The summed E-state index contributed by atoms with van der Waals surface area (Å²) in [5.41, 5.74) is 3.85. The minimum atomic E-state index is -0.507. The third-order valence-electron chi connectivity index (χ3n) is 4.81. The van der Waals surface area contributed by atoms with Gasteiger partial charge in [0, 0.05) is 13.1 Å². The standard InChI is InChI=1S/C18H29NO/c1-14-5-6-15(2)16(11-14)12-19-13-18(20)9-7-17(3,4)8-10-18/h5-6,11,19-20H,7-10,12-13H2,1-4H3. The highest BCUT2D eigenvalue weighted by atomic mass is 16.3. The first kappa shape index (κ1) is 15.5. The first-order valence-electron chi connectivity index (χ1n) is 7.79. The van der Waals surface area contributed by atoms with E-state index in [0.29, 0.717) is 12.0 Å². The summed E-state index contributed by atoms with van der Waals surface area (Å²) in [4.78, 5) is 0. The second-order valence-electron chi connectivity index (χ2n) is 7.42. The summed E-state index contributed by atoms with van der Waals surface area (Å²) in [6, 6.07) is 6.55. The van der Waals surface area contributed by atoms with Crippen LogP contribution in [0.2, 0.25) is 0 Å². The van der Waals surface area contributed by atoms with E-state index in [0.717, 1.165) is 32.2 Å². The van der Waals surface area contributed by atoms with Crippen LogP contribution in [0.25, 0.3) is 0 Å². The Labute approximate surface area is 123 Å². The zero-order valence-electron chi connectivity index (χ0n) is 13.4. The zero-order valence-corrected chi connectivity index (χ0v) is 13.4. The lowest BCUT2D eigenvalue weighted by atomic mass is 9.71. The molecular formula is C18H29NO. The topological polar surface area (TPSA) is 32.3 Å². The van der Waals surface area contributed by atoms with Gasteiger partial charge in [0.1, 0.15) is 0 Å². The smallest absolute Gasteiger partial charge is 0.0772 e. The van der Waals surface area contributed by atoms with Crippen LogP contribution in [0.5, 0.6) is 0 Å². The fraction of sp³-hybridized carbons (Fsp3) is 0.667. The normalized spacial score (nSPS) is 20.9. The van der Waals surface area contributed by atoms with Crippen LogP contribution < -0.4 is 5.32 Å². The van der Waals surface area contributed by atoms with Crippen LogP contribution in [0.4, 0.5) is 0 Å². The molecule has 1 fully saturated rings. The van der Waals surface area contributed by atoms with Gasteiger partial charge in [-0.15, -0.1) is 0 Å². The van der Waals surface area contributed by atoms with Crippen molar-refractivity contribution in [1.29, 1.82) is 0 Å². The van der Waals surface area contributed by atoms with Gasteiger partial charge in [-0.25, -0.2) is 0 Å². The van der Waals surface area contributed by atoms with Crippen molar-refractivity contribution in [1.82, 2.24) is 5.32 Å². The number of hydrogen-bond donors (Lipinski definition) is 2. The van der Waals surface area contributed by atoms with E-state index >= 15 is 0 Å². The molecule has 20 heavy (non-hydrogen) atoms. The third kappa shape index (κ3) is 4.07. The van der Waals surface area contributed by atoms with Crippen molar-refractivity contribution in [3.8, 4) is 0 Å². The molecule has 1 aromatic rings. The van der Waals surface area contributed by atoms with Crippen LogP contribution in [0.3, 0.4) is 0 Å². The monoisotopic (exact) mass is 275 g/mol. The Morgan fingerprint density at radius 3 is 2.40 bits per heavy atom. The summed E-state index contributed by atoms with van der Waals surface area (Å²) in [6.07, 6.45) is 4.07. The van der Waals surface area contributed by atoms with E-state index in [4.69, 9.17) is 0 Å².